The number of nitrogens with zero attached hydrogens (tertiary/aromatic N) is 1. The molecule has 3 aromatic rings. The van der Waals surface area contributed by atoms with Crippen LogP contribution in [0, 0.1) is 6.92 Å². The Hall–Kier alpha value is -3.60. The van der Waals surface area contributed by atoms with Crippen LogP contribution in [0.1, 0.15) is 39.9 Å². The highest BCUT2D eigenvalue weighted by Gasteiger charge is 2.20. The molecule has 0 fully saturated rings. The van der Waals surface area contributed by atoms with Crippen LogP contribution in [0.25, 0.3) is 0 Å². The fourth-order valence-corrected chi connectivity index (χ4v) is 3.64. The molecule has 0 saturated heterocycles. The summed E-state index contributed by atoms with van der Waals surface area (Å²) >= 11 is 0. The average Bonchev–Trinajstić information content (AvgIpc) is 2.79. The van der Waals surface area contributed by atoms with Crippen molar-refractivity contribution in [2.24, 2.45) is 5.16 Å². The van der Waals surface area contributed by atoms with Gasteiger partial charge in [0.25, 0.3) is 0 Å². The molecular weight excluding hydrogens is 378 g/mol. The lowest BCUT2D eigenvalue weighted by atomic mass is 9.87. The first kappa shape index (κ1) is 19.7. The Morgan fingerprint density at radius 1 is 0.900 bits per heavy atom. The number of fused-ring (bicyclic) bond motifs is 1. The highest BCUT2D eigenvalue weighted by Crippen LogP contribution is 2.31. The third kappa shape index (κ3) is 4.20. The molecule has 5 heteroatoms. The number of oxime groups is 1. The lowest BCUT2D eigenvalue weighted by molar-refractivity contribution is 0.0515. The van der Waals surface area contributed by atoms with Crippen LogP contribution in [0.3, 0.4) is 0 Å². The van der Waals surface area contributed by atoms with Gasteiger partial charge in [-0.25, -0.2) is 4.79 Å². The number of ether oxygens (including phenoxy) is 2. The Morgan fingerprint density at radius 3 is 2.37 bits per heavy atom. The molecule has 0 spiro atoms. The first-order chi connectivity index (χ1) is 14.7. The third-order valence-electron chi connectivity index (χ3n) is 5.23. The van der Waals surface area contributed by atoms with E-state index in [0.717, 1.165) is 47.6 Å². The molecule has 4 rings (SSSR count). The van der Waals surface area contributed by atoms with Gasteiger partial charge in [-0.1, -0.05) is 23.4 Å². The Kier molecular flexibility index (Phi) is 5.80. The second-order valence-corrected chi connectivity index (χ2v) is 7.13. The first-order valence-electron chi connectivity index (χ1n) is 9.93. The molecule has 1 aliphatic carbocycles. The van der Waals surface area contributed by atoms with Crippen LogP contribution >= 0.6 is 0 Å². The van der Waals surface area contributed by atoms with Crippen molar-refractivity contribution in [1.29, 1.82) is 0 Å². The van der Waals surface area contributed by atoms with Gasteiger partial charge in [0.1, 0.15) is 17.2 Å². The summed E-state index contributed by atoms with van der Waals surface area (Å²) in [5, 5.41) is 4.18. The monoisotopic (exact) mass is 401 g/mol. The number of benzene rings is 3. The van der Waals surface area contributed by atoms with Gasteiger partial charge < -0.3 is 14.3 Å². The second-order valence-electron chi connectivity index (χ2n) is 7.13. The van der Waals surface area contributed by atoms with Gasteiger partial charge in [0, 0.05) is 5.56 Å². The summed E-state index contributed by atoms with van der Waals surface area (Å²) in [7, 11) is 1.67. The number of para-hydroxylation sites is 1. The molecule has 3 aromatic carbocycles. The number of rotatable bonds is 5. The van der Waals surface area contributed by atoms with Crippen LogP contribution in [0.15, 0.2) is 71.9 Å². The number of hydrogen-bond acceptors (Lipinski definition) is 5. The van der Waals surface area contributed by atoms with Gasteiger partial charge in [0.15, 0.2) is 0 Å². The quantitative estimate of drug-likeness (QED) is 0.407. The first-order valence-corrected chi connectivity index (χ1v) is 9.93. The van der Waals surface area contributed by atoms with Crippen molar-refractivity contribution in [2.75, 3.05) is 7.11 Å². The van der Waals surface area contributed by atoms with Gasteiger partial charge in [-0.05, 0) is 85.8 Å². The van der Waals surface area contributed by atoms with Crippen molar-refractivity contribution in [2.45, 2.75) is 26.2 Å². The number of carbonyl (C=O) groups excluding carboxylic acids is 1. The summed E-state index contributed by atoms with van der Waals surface area (Å²) < 4.78 is 11.2. The van der Waals surface area contributed by atoms with Gasteiger partial charge in [-0.2, -0.15) is 0 Å². The molecule has 0 aromatic heterocycles. The predicted octanol–water partition coefficient (Wildman–Crippen LogP) is 5.69. The molecule has 1 aliphatic rings. The van der Waals surface area contributed by atoms with Gasteiger partial charge >= 0.3 is 5.97 Å². The van der Waals surface area contributed by atoms with E-state index in [2.05, 4.69) is 5.16 Å². The second kappa shape index (κ2) is 8.82. The van der Waals surface area contributed by atoms with Crippen molar-refractivity contribution in [3.63, 3.8) is 0 Å². The minimum absolute atomic E-state index is 0.418. The normalized spacial score (nSPS) is 14.1. The summed E-state index contributed by atoms with van der Waals surface area (Å²) in [5.41, 5.74) is 4.56. The van der Waals surface area contributed by atoms with E-state index in [-0.39, 0.29) is 0 Å². The smallest absolute Gasteiger partial charge is 0.365 e. The molecule has 152 valence electrons. The van der Waals surface area contributed by atoms with E-state index in [1.165, 1.54) is 5.56 Å². The van der Waals surface area contributed by atoms with Crippen molar-refractivity contribution < 1.29 is 19.1 Å². The number of hydrogen-bond donors (Lipinski definition) is 0. The van der Waals surface area contributed by atoms with E-state index >= 15 is 0 Å². The molecule has 0 heterocycles. The van der Waals surface area contributed by atoms with Crippen LogP contribution in [0.4, 0.5) is 0 Å². The minimum Gasteiger partial charge on any atom is -0.496 e. The van der Waals surface area contributed by atoms with Crippen LogP contribution in [-0.2, 0) is 11.3 Å². The molecule has 0 N–H and O–H groups in total. The Morgan fingerprint density at radius 2 is 1.63 bits per heavy atom. The van der Waals surface area contributed by atoms with Gasteiger partial charge in [-0.3, -0.25) is 0 Å². The molecular formula is C25H23NO4. The molecule has 0 atom stereocenters. The maximum atomic E-state index is 12.4. The van der Waals surface area contributed by atoms with Crippen molar-refractivity contribution in [1.82, 2.24) is 0 Å². The summed E-state index contributed by atoms with van der Waals surface area (Å²) in [6.45, 7) is 2.05. The molecule has 0 bridgehead atoms. The lowest BCUT2D eigenvalue weighted by Crippen LogP contribution is -2.15. The average molecular weight is 401 g/mol. The van der Waals surface area contributed by atoms with E-state index in [9.17, 15) is 4.79 Å². The van der Waals surface area contributed by atoms with Crippen LogP contribution in [-0.4, -0.2) is 18.8 Å². The largest absolute Gasteiger partial charge is 0.496 e. The molecule has 5 nitrogen and oxygen atoms in total. The Balaban J connectivity index is 1.46. The van der Waals surface area contributed by atoms with Crippen LogP contribution in [0.2, 0.25) is 0 Å². The molecule has 0 aliphatic heterocycles. The molecule has 0 saturated carbocycles. The Labute approximate surface area is 175 Å². The summed E-state index contributed by atoms with van der Waals surface area (Å²) in [4.78, 5) is 17.7. The molecule has 0 amide bonds. The molecule has 30 heavy (non-hydrogen) atoms. The standard InChI is InChI=1S/C25H23NO4/c1-17-21-9-6-10-23(22(21)15-16-24(17)28-2)26-30-25(27)18-11-13-20(14-12-18)29-19-7-4-3-5-8-19/h3-5,7-8,11-16H,6,9-10H2,1-2H3/b26-23+. The van der Waals surface area contributed by atoms with Gasteiger partial charge in [-0.15, -0.1) is 0 Å². The summed E-state index contributed by atoms with van der Waals surface area (Å²) in [6.07, 6.45) is 2.70. The van der Waals surface area contributed by atoms with Gasteiger partial charge in [0.2, 0.25) is 0 Å². The Bertz CT molecular complexity index is 1070. The topological polar surface area (TPSA) is 57.1 Å². The van der Waals surface area contributed by atoms with Crippen molar-refractivity contribution >= 4 is 11.7 Å². The highest BCUT2D eigenvalue weighted by atomic mass is 16.7. The fourth-order valence-electron chi connectivity index (χ4n) is 3.64. The molecule has 0 radical (unpaired) electrons. The fraction of sp³-hybridized carbons (Fsp3) is 0.200. The highest BCUT2D eigenvalue weighted by molar-refractivity contribution is 6.03. The van der Waals surface area contributed by atoms with Crippen LogP contribution < -0.4 is 9.47 Å². The zero-order chi connectivity index (χ0) is 20.9. The zero-order valence-electron chi connectivity index (χ0n) is 17.1. The van der Waals surface area contributed by atoms with E-state index < -0.39 is 5.97 Å². The van der Waals surface area contributed by atoms with E-state index in [4.69, 9.17) is 14.3 Å². The third-order valence-corrected chi connectivity index (χ3v) is 5.23. The maximum absolute atomic E-state index is 12.4. The van der Waals surface area contributed by atoms with Crippen molar-refractivity contribution in [3.8, 4) is 17.2 Å². The number of methoxy groups -OCH3 is 1. The minimum atomic E-state index is -0.494. The maximum Gasteiger partial charge on any atom is 0.365 e. The van der Waals surface area contributed by atoms with Gasteiger partial charge in [0.05, 0.1) is 18.4 Å². The lowest BCUT2D eigenvalue weighted by Gasteiger charge is -2.20. The number of carbonyl (C=O) groups is 1. The van der Waals surface area contributed by atoms with E-state index in [1.807, 2.05) is 49.4 Å². The zero-order valence-corrected chi connectivity index (χ0v) is 17.1. The predicted molar refractivity (Wildman–Crippen MR) is 116 cm³/mol. The van der Waals surface area contributed by atoms with Crippen LogP contribution in [0.5, 0.6) is 17.2 Å². The van der Waals surface area contributed by atoms with Crippen molar-refractivity contribution in [3.05, 3.63) is 89.0 Å². The summed E-state index contributed by atoms with van der Waals surface area (Å²) in [5.74, 6) is 1.76. The van der Waals surface area contributed by atoms with E-state index in [1.54, 1.807) is 31.4 Å². The summed E-state index contributed by atoms with van der Waals surface area (Å²) in [6, 6.07) is 20.2. The molecule has 0 unspecified atom stereocenters. The van der Waals surface area contributed by atoms with E-state index in [0.29, 0.717) is 11.3 Å². The SMILES string of the molecule is COc1ccc2c(c1C)CCC/C2=N\OC(=O)c1ccc(Oc2ccccc2)cc1.